The molecule has 0 fully saturated rings. The summed E-state index contributed by atoms with van der Waals surface area (Å²) < 4.78 is 11.2. The molecule has 0 amide bonds. The van der Waals surface area contributed by atoms with Gasteiger partial charge in [0, 0.05) is 4.91 Å². The van der Waals surface area contributed by atoms with Crippen LogP contribution in [0.3, 0.4) is 0 Å². The molecule has 0 spiro atoms. The molecule has 0 saturated heterocycles. The van der Waals surface area contributed by atoms with E-state index in [-0.39, 0.29) is 29.0 Å². The third-order valence-corrected chi connectivity index (χ3v) is 3.88. The summed E-state index contributed by atoms with van der Waals surface area (Å²) in [6, 6.07) is 13.5. The van der Waals surface area contributed by atoms with Crippen molar-refractivity contribution in [3.05, 3.63) is 75.6 Å². The van der Waals surface area contributed by atoms with Gasteiger partial charge in [-0.15, -0.1) is 0 Å². The van der Waals surface area contributed by atoms with E-state index in [0.717, 1.165) is 5.56 Å². The highest BCUT2D eigenvalue weighted by Gasteiger charge is 2.28. The van der Waals surface area contributed by atoms with Crippen LogP contribution in [0.4, 0.5) is 0 Å². The van der Waals surface area contributed by atoms with E-state index in [9.17, 15) is 14.9 Å². The quantitative estimate of drug-likeness (QED) is 0.538. The first-order valence-corrected chi connectivity index (χ1v) is 7.57. The summed E-state index contributed by atoms with van der Waals surface area (Å²) in [6.45, 7) is 1.41. The molecule has 25 heavy (non-hydrogen) atoms. The van der Waals surface area contributed by atoms with Crippen molar-refractivity contribution in [2.24, 2.45) is 0 Å². The SMILES string of the molecule is COc1ccc2c(c1)[n+](=O)c(C(=O)OCc1ccccc1)c(C)n2[O-]. The highest BCUT2D eigenvalue weighted by Crippen LogP contribution is 2.20. The Bertz CT molecular complexity index is 996. The summed E-state index contributed by atoms with van der Waals surface area (Å²) in [6.07, 6.45) is 0. The van der Waals surface area contributed by atoms with Gasteiger partial charge in [0.15, 0.2) is 0 Å². The maximum absolute atomic E-state index is 12.6. The van der Waals surface area contributed by atoms with Crippen LogP contribution in [0.25, 0.3) is 11.0 Å². The number of aromatic nitrogens is 2. The van der Waals surface area contributed by atoms with Crippen LogP contribution in [0.1, 0.15) is 21.7 Å². The number of methoxy groups -OCH3 is 1. The molecule has 0 bridgehead atoms. The molecule has 7 heteroatoms. The zero-order valence-corrected chi connectivity index (χ0v) is 13.8. The van der Waals surface area contributed by atoms with Gasteiger partial charge in [0.1, 0.15) is 17.9 Å². The van der Waals surface area contributed by atoms with Crippen molar-refractivity contribution in [1.82, 2.24) is 4.73 Å². The van der Waals surface area contributed by atoms with Crippen LogP contribution >= 0.6 is 0 Å². The highest BCUT2D eigenvalue weighted by molar-refractivity contribution is 5.88. The molecule has 128 valence electrons. The number of esters is 1. The van der Waals surface area contributed by atoms with Gasteiger partial charge in [0.25, 0.3) is 5.52 Å². The lowest BCUT2D eigenvalue weighted by Gasteiger charge is -2.16. The average Bonchev–Trinajstić information content (AvgIpc) is 2.65. The van der Waals surface area contributed by atoms with Gasteiger partial charge < -0.3 is 19.4 Å². The summed E-state index contributed by atoms with van der Waals surface area (Å²) >= 11 is 0. The smallest absolute Gasteiger partial charge is 0.411 e. The van der Waals surface area contributed by atoms with Crippen molar-refractivity contribution in [2.75, 3.05) is 7.11 Å². The van der Waals surface area contributed by atoms with E-state index in [1.54, 1.807) is 18.2 Å². The van der Waals surface area contributed by atoms with Gasteiger partial charge in [-0.25, -0.2) is 4.79 Å². The fourth-order valence-electron chi connectivity index (χ4n) is 2.53. The van der Waals surface area contributed by atoms with Crippen molar-refractivity contribution in [3.8, 4) is 5.75 Å². The summed E-state index contributed by atoms with van der Waals surface area (Å²) in [4.78, 5) is 25.0. The van der Waals surface area contributed by atoms with E-state index in [2.05, 4.69) is 0 Å². The van der Waals surface area contributed by atoms with Crippen LogP contribution in [0.15, 0.2) is 48.5 Å². The van der Waals surface area contributed by atoms with Crippen molar-refractivity contribution >= 4 is 17.0 Å². The lowest BCUT2D eigenvalue weighted by atomic mass is 10.2. The van der Waals surface area contributed by atoms with Gasteiger partial charge in [-0.1, -0.05) is 30.3 Å². The van der Waals surface area contributed by atoms with Crippen molar-refractivity contribution in [2.45, 2.75) is 13.5 Å². The summed E-state index contributed by atoms with van der Waals surface area (Å²) in [5, 5.41) is 12.4. The Morgan fingerprint density at radius 1 is 1.20 bits per heavy atom. The molecule has 0 aliphatic rings. The summed E-state index contributed by atoms with van der Waals surface area (Å²) in [5.41, 5.74) is 0.598. The Morgan fingerprint density at radius 3 is 2.60 bits per heavy atom. The number of fused-ring (bicyclic) bond motifs is 1. The fourth-order valence-corrected chi connectivity index (χ4v) is 2.53. The number of ether oxygens (including phenoxy) is 2. The van der Waals surface area contributed by atoms with E-state index < -0.39 is 5.97 Å². The van der Waals surface area contributed by atoms with Crippen molar-refractivity contribution < 1.29 is 18.7 Å². The second kappa shape index (κ2) is 6.64. The Kier molecular flexibility index (Phi) is 4.38. The molecule has 1 aromatic heterocycles. The first-order chi connectivity index (χ1) is 12.0. The third-order valence-electron chi connectivity index (χ3n) is 3.88. The van der Waals surface area contributed by atoms with Gasteiger partial charge in [0.05, 0.1) is 23.3 Å². The number of carbonyl (C=O) groups is 1. The second-order valence-corrected chi connectivity index (χ2v) is 5.44. The number of hydrogen-bond donors (Lipinski definition) is 0. The van der Waals surface area contributed by atoms with Gasteiger partial charge in [-0.2, -0.15) is 0 Å². The Hall–Kier alpha value is -3.35. The van der Waals surface area contributed by atoms with Gasteiger partial charge in [0.2, 0.25) is 0 Å². The Balaban J connectivity index is 2.03. The number of hydrogen-bond acceptors (Lipinski definition) is 5. The van der Waals surface area contributed by atoms with Gasteiger partial charge in [-0.3, -0.25) is 0 Å². The van der Waals surface area contributed by atoms with Crippen LogP contribution in [0, 0.1) is 17.0 Å². The second-order valence-electron chi connectivity index (χ2n) is 5.44. The fraction of sp³-hybridized carbons (Fsp3) is 0.167. The Morgan fingerprint density at radius 2 is 1.92 bits per heavy atom. The molecule has 0 unspecified atom stereocenters. The highest BCUT2D eigenvalue weighted by atomic mass is 16.5. The molecule has 0 aliphatic carbocycles. The normalized spacial score (nSPS) is 10.6. The van der Waals surface area contributed by atoms with Crippen LogP contribution in [0.2, 0.25) is 0 Å². The third kappa shape index (κ3) is 3.03. The first kappa shape index (κ1) is 16.5. The molecule has 0 N–H and O–H groups in total. The molecule has 0 saturated carbocycles. The van der Waals surface area contributed by atoms with E-state index in [0.29, 0.717) is 14.9 Å². The molecule has 2 aromatic carbocycles. The molecule has 1 heterocycles. The molecule has 7 nitrogen and oxygen atoms in total. The van der Waals surface area contributed by atoms with E-state index in [4.69, 9.17) is 9.47 Å². The molecule has 0 atom stereocenters. The maximum Gasteiger partial charge on any atom is 0.411 e. The molecule has 0 aliphatic heterocycles. The lowest BCUT2D eigenvalue weighted by Crippen LogP contribution is -2.31. The minimum atomic E-state index is -0.856. The predicted octanol–water partition coefficient (Wildman–Crippen LogP) is 2.58. The number of benzene rings is 2. The molecule has 3 rings (SSSR count). The monoisotopic (exact) mass is 340 g/mol. The molecular weight excluding hydrogens is 324 g/mol. The molecule has 3 aromatic rings. The van der Waals surface area contributed by atoms with E-state index in [1.807, 2.05) is 18.2 Å². The number of nitrogens with zero attached hydrogens (tertiary/aromatic N) is 2. The van der Waals surface area contributed by atoms with Crippen LogP contribution in [0.5, 0.6) is 5.75 Å². The number of rotatable bonds is 4. The largest absolute Gasteiger partial charge is 0.805 e. The summed E-state index contributed by atoms with van der Waals surface area (Å²) in [7, 11) is 1.45. The standard InChI is InChI=1S/C18H16N2O5/c1-12-17(18(21)25-11-13-6-4-3-5-7-13)20(23)16-10-14(24-2)8-9-15(16)19(12)22/h3-10H,11H2,1-2H3. The Labute approximate surface area is 143 Å². The molecular formula is C18H16N2O5. The van der Waals surface area contributed by atoms with Crippen LogP contribution in [-0.2, 0) is 11.3 Å². The molecule has 0 radical (unpaired) electrons. The van der Waals surface area contributed by atoms with Crippen molar-refractivity contribution in [3.63, 3.8) is 0 Å². The predicted molar refractivity (Wildman–Crippen MR) is 90.9 cm³/mol. The average molecular weight is 340 g/mol. The maximum atomic E-state index is 12.6. The zero-order chi connectivity index (χ0) is 18.0. The van der Waals surface area contributed by atoms with Gasteiger partial charge >= 0.3 is 11.7 Å². The number of carbonyl (C=O) groups excluding carboxylic acids is 1. The van der Waals surface area contributed by atoms with Crippen molar-refractivity contribution in [1.29, 1.82) is 0 Å². The topological polar surface area (TPSA) is 86.5 Å². The first-order valence-electron chi connectivity index (χ1n) is 7.57. The zero-order valence-electron chi connectivity index (χ0n) is 13.8. The minimum Gasteiger partial charge on any atom is -0.805 e. The van der Waals surface area contributed by atoms with E-state index >= 15 is 0 Å². The van der Waals surface area contributed by atoms with Crippen LogP contribution in [-0.4, -0.2) is 17.8 Å². The van der Waals surface area contributed by atoms with Crippen LogP contribution < -0.4 is 9.16 Å². The van der Waals surface area contributed by atoms with E-state index in [1.165, 1.54) is 26.2 Å². The summed E-state index contributed by atoms with van der Waals surface area (Å²) in [5.74, 6) is -0.449. The lowest BCUT2D eigenvalue weighted by molar-refractivity contribution is -0.469. The minimum absolute atomic E-state index is 0.00805. The van der Waals surface area contributed by atoms with Gasteiger partial charge in [-0.05, 0) is 24.6 Å².